The largest absolute Gasteiger partial charge is 0.504 e. The van der Waals surface area contributed by atoms with Gasteiger partial charge in [0.15, 0.2) is 11.5 Å². The molecule has 1 aromatic rings. The fourth-order valence-electron chi connectivity index (χ4n) is 1.07. The lowest BCUT2D eigenvalue weighted by Gasteiger charge is -2.06. The van der Waals surface area contributed by atoms with E-state index in [0.717, 1.165) is 17.9 Å². The van der Waals surface area contributed by atoms with Gasteiger partial charge < -0.3 is 9.84 Å². The predicted molar refractivity (Wildman–Crippen MR) is 61.2 cm³/mol. The van der Waals surface area contributed by atoms with E-state index in [1.54, 1.807) is 18.2 Å². The van der Waals surface area contributed by atoms with E-state index in [4.69, 9.17) is 4.74 Å². The Labute approximate surface area is 89.3 Å². The number of para-hydroxylation sites is 2. The van der Waals surface area contributed by atoms with Gasteiger partial charge in [-0.15, -0.1) is 0 Å². The second-order valence-electron chi connectivity index (χ2n) is 2.87. The van der Waals surface area contributed by atoms with E-state index in [1.165, 1.54) is 0 Å². The normalized spacial score (nSPS) is 10.1. The number of aromatic hydroxyl groups is 1. The van der Waals surface area contributed by atoms with Crippen molar-refractivity contribution in [3.05, 3.63) is 24.3 Å². The summed E-state index contributed by atoms with van der Waals surface area (Å²) in [6.45, 7) is 2.82. The van der Waals surface area contributed by atoms with Gasteiger partial charge in [0.1, 0.15) is 0 Å². The van der Waals surface area contributed by atoms with E-state index in [1.807, 2.05) is 17.8 Å². The standard InChI is InChI=1S/C11H16O2S/c1-2-14-9-5-8-13-11-7-4-3-6-10(11)12/h3-4,6-7,12H,2,5,8-9H2,1H3. The van der Waals surface area contributed by atoms with Gasteiger partial charge in [-0.2, -0.15) is 11.8 Å². The van der Waals surface area contributed by atoms with Crippen molar-refractivity contribution in [3.63, 3.8) is 0 Å². The first-order valence-corrected chi connectivity index (χ1v) is 5.98. The molecule has 0 amide bonds. The zero-order valence-electron chi connectivity index (χ0n) is 8.40. The van der Waals surface area contributed by atoms with Gasteiger partial charge in [0, 0.05) is 0 Å². The molecule has 0 atom stereocenters. The lowest BCUT2D eigenvalue weighted by molar-refractivity contribution is 0.300. The molecule has 14 heavy (non-hydrogen) atoms. The van der Waals surface area contributed by atoms with Crippen LogP contribution in [0.3, 0.4) is 0 Å². The molecule has 3 heteroatoms. The number of hydrogen-bond acceptors (Lipinski definition) is 3. The highest BCUT2D eigenvalue weighted by Gasteiger charge is 1.98. The van der Waals surface area contributed by atoms with Crippen LogP contribution >= 0.6 is 11.8 Å². The molecule has 78 valence electrons. The smallest absolute Gasteiger partial charge is 0.160 e. The molecule has 1 aromatic carbocycles. The summed E-state index contributed by atoms with van der Waals surface area (Å²) in [6, 6.07) is 7.06. The summed E-state index contributed by atoms with van der Waals surface area (Å²) >= 11 is 1.90. The molecule has 0 fully saturated rings. The Hall–Kier alpha value is -0.830. The number of phenols is 1. The number of benzene rings is 1. The van der Waals surface area contributed by atoms with Gasteiger partial charge in [-0.25, -0.2) is 0 Å². The molecule has 0 spiro atoms. The highest BCUT2D eigenvalue weighted by atomic mass is 32.2. The molecule has 0 heterocycles. The van der Waals surface area contributed by atoms with Gasteiger partial charge in [0.2, 0.25) is 0 Å². The van der Waals surface area contributed by atoms with Crippen LogP contribution in [0.25, 0.3) is 0 Å². The molecule has 0 aliphatic rings. The lowest BCUT2D eigenvalue weighted by atomic mass is 10.3. The topological polar surface area (TPSA) is 29.5 Å². The van der Waals surface area contributed by atoms with Gasteiger partial charge in [0.05, 0.1) is 6.61 Å². The van der Waals surface area contributed by atoms with E-state index >= 15 is 0 Å². The molecular formula is C11H16O2S. The second-order valence-corrected chi connectivity index (χ2v) is 4.26. The summed E-state index contributed by atoms with van der Waals surface area (Å²) in [6.07, 6.45) is 1.02. The third kappa shape index (κ3) is 3.92. The summed E-state index contributed by atoms with van der Waals surface area (Å²) in [5.74, 6) is 3.06. The van der Waals surface area contributed by atoms with Crippen LogP contribution in [-0.2, 0) is 0 Å². The van der Waals surface area contributed by atoms with Crippen molar-refractivity contribution in [3.8, 4) is 11.5 Å². The van der Waals surface area contributed by atoms with Crippen LogP contribution in [0.4, 0.5) is 0 Å². The Morgan fingerprint density at radius 3 is 2.86 bits per heavy atom. The first kappa shape index (κ1) is 11.2. The minimum absolute atomic E-state index is 0.218. The van der Waals surface area contributed by atoms with Crippen molar-refractivity contribution in [1.29, 1.82) is 0 Å². The molecule has 0 aromatic heterocycles. The molecule has 1 rings (SSSR count). The van der Waals surface area contributed by atoms with Gasteiger partial charge in [-0.05, 0) is 30.1 Å². The van der Waals surface area contributed by atoms with E-state index in [9.17, 15) is 5.11 Å². The van der Waals surface area contributed by atoms with Crippen molar-refractivity contribution in [2.24, 2.45) is 0 Å². The van der Waals surface area contributed by atoms with Crippen molar-refractivity contribution >= 4 is 11.8 Å². The summed E-state index contributed by atoms with van der Waals surface area (Å²) in [7, 11) is 0. The molecule has 0 saturated carbocycles. The summed E-state index contributed by atoms with van der Waals surface area (Å²) in [4.78, 5) is 0. The Bertz CT molecular complexity index is 263. The molecule has 0 aliphatic heterocycles. The molecular weight excluding hydrogens is 196 g/mol. The minimum Gasteiger partial charge on any atom is -0.504 e. The second kappa shape index (κ2) is 6.60. The fraction of sp³-hybridized carbons (Fsp3) is 0.455. The van der Waals surface area contributed by atoms with E-state index < -0.39 is 0 Å². The highest BCUT2D eigenvalue weighted by molar-refractivity contribution is 7.99. The number of thioether (sulfide) groups is 1. The molecule has 0 saturated heterocycles. The van der Waals surface area contributed by atoms with Crippen molar-refractivity contribution < 1.29 is 9.84 Å². The van der Waals surface area contributed by atoms with Crippen LogP contribution in [0, 0.1) is 0 Å². The van der Waals surface area contributed by atoms with Crippen molar-refractivity contribution in [2.75, 3.05) is 18.1 Å². The van der Waals surface area contributed by atoms with Crippen molar-refractivity contribution in [2.45, 2.75) is 13.3 Å². The third-order valence-electron chi connectivity index (χ3n) is 1.76. The maximum Gasteiger partial charge on any atom is 0.160 e. The van der Waals surface area contributed by atoms with Crippen LogP contribution < -0.4 is 4.74 Å². The highest BCUT2D eigenvalue weighted by Crippen LogP contribution is 2.24. The van der Waals surface area contributed by atoms with Crippen molar-refractivity contribution in [1.82, 2.24) is 0 Å². The number of rotatable bonds is 6. The van der Waals surface area contributed by atoms with Gasteiger partial charge in [-0.1, -0.05) is 19.1 Å². The molecule has 1 N–H and O–H groups in total. The van der Waals surface area contributed by atoms with Gasteiger partial charge in [-0.3, -0.25) is 0 Å². The number of hydrogen-bond donors (Lipinski definition) is 1. The van der Waals surface area contributed by atoms with Crippen LogP contribution in [0.5, 0.6) is 11.5 Å². The summed E-state index contributed by atoms with van der Waals surface area (Å²) in [5, 5.41) is 9.38. The lowest BCUT2D eigenvalue weighted by Crippen LogP contribution is -1.98. The Balaban J connectivity index is 2.21. The Morgan fingerprint density at radius 2 is 2.14 bits per heavy atom. The third-order valence-corrected chi connectivity index (χ3v) is 2.75. The number of ether oxygens (including phenoxy) is 1. The van der Waals surface area contributed by atoms with Crippen LogP contribution in [0.2, 0.25) is 0 Å². The van der Waals surface area contributed by atoms with E-state index in [2.05, 4.69) is 6.92 Å². The first-order valence-electron chi connectivity index (χ1n) is 4.83. The van der Waals surface area contributed by atoms with Crippen LogP contribution in [0.15, 0.2) is 24.3 Å². The SMILES string of the molecule is CCSCCCOc1ccccc1O. The molecule has 0 bridgehead atoms. The monoisotopic (exact) mass is 212 g/mol. The van der Waals surface area contributed by atoms with E-state index in [-0.39, 0.29) is 5.75 Å². The fourth-order valence-corrected chi connectivity index (χ4v) is 1.68. The molecule has 2 nitrogen and oxygen atoms in total. The van der Waals surface area contributed by atoms with E-state index in [0.29, 0.717) is 12.4 Å². The summed E-state index contributed by atoms with van der Waals surface area (Å²) in [5.41, 5.74) is 0. The van der Waals surface area contributed by atoms with Gasteiger partial charge >= 0.3 is 0 Å². The first-order chi connectivity index (χ1) is 6.84. The van der Waals surface area contributed by atoms with Crippen LogP contribution in [0.1, 0.15) is 13.3 Å². The maximum absolute atomic E-state index is 9.38. The molecule has 0 unspecified atom stereocenters. The average molecular weight is 212 g/mol. The van der Waals surface area contributed by atoms with Crippen LogP contribution in [-0.4, -0.2) is 23.2 Å². The quantitative estimate of drug-likeness (QED) is 0.735. The summed E-state index contributed by atoms with van der Waals surface area (Å²) < 4.78 is 5.42. The predicted octanol–water partition coefficient (Wildman–Crippen LogP) is 2.91. The Morgan fingerprint density at radius 1 is 1.36 bits per heavy atom. The van der Waals surface area contributed by atoms with Gasteiger partial charge in [0.25, 0.3) is 0 Å². The maximum atomic E-state index is 9.38. The minimum atomic E-state index is 0.218. The molecule has 0 aliphatic carbocycles. The average Bonchev–Trinajstić information content (AvgIpc) is 2.20. The number of phenolic OH excluding ortho intramolecular Hbond substituents is 1. The molecule has 0 radical (unpaired) electrons. The zero-order valence-corrected chi connectivity index (χ0v) is 9.22. The zero-order chi connectivity index (χ0) is 10.2. The Kier molecular flexibility index (Phi) is 5.30.